The maximum atomic E-state index is 12.0. The molecule has 98 valence electrons. The van der Waals surface area contributed by atoms with Crippen LogP contribution in [0.2, 0.25) is 0 Å². The van der Waals surface area contributed by atoms with Crippen molar-refractivity contribution in [2.75, 3.05) is 26.7 Å². The summed E-state index contributed by atoms with van der Waals surface area (Å²) < 4.78 is 5.57. The molecule has 4 heteroatoms. The quantitative estimate of drug-likeness (QED) is 0.853. The maximum Gasteiger partial charge on any atom is 0.228 e. The largest absolute Gasteiger partial charge is 0.494 e. The smallest absolute Gasteiger partial charge is 0.228 e. The summed E-state index contributed by atoms with van der Waals surface area (Å²) in [6.07, 6.45) is 0. The third kappa shape index (κ3) is 2.82. The Balaban J connectivity index is 2.01. The van der Waals surface area contributed by atoms with Crippen LogP contribution < -0.4 is 10.1 Å². The molecule has 1 amide bonds. The van der Waals surface area contributed by atoms with E-state index in [9.17, 15) is 4.79 Å². The number of hydrogen-bond acceptors (Lipinski definition) is 3. The lowest BCUT2D eigenvalue weighted by molar-refractivity contribution is -0.136. The van der Waals surface area contributed by atoms with Gasteiger partial charge < -0.3 is 15.0 Å². The first-order valence-corrected chi connectivity index (χ1v) is 6.38. The molecule has 1 aromatic carbocycles. The van der Waals surface area contributed by atoms with Gasteiger partial charge in [0.05, 0.1) is 12.5 Å². The summed E-state index contributed by atoms with van der Waals surface area (Å²) in [4.78, 5) is 13.8. The van der Waals surface area contributed by atoms with E-state index in [1.54, 1.807) is 4.90 Å². The first kappa shape index (κ1) is 12.9. The normalized spacial score (nSPS) is 15.0. The Morgan fingerprint density at radius 2 is 2.17 bits per heavy atom. The Hall–Kier alpha value is -1.55. The SMILES string of the molecule is CCOc1ccccc1CN(C)C(=O)C1CNC1. The predicted octanol–water partition coefficient (Wildman–Crippen LogP) is 1.26. The molecule has 4 nitrogen and oxygen atoms in total. The fourth-order valence-corrected chi connectivity index (χ4v) is 2.04. The second kappa shape index (κ2) is 5.87. The van der Waals surface area contributed by atoms with Gasteiger partial charge in [-0.2, -0.15) is 0 Å². The van der Waals surface area contributed by atoms with Gasteiger partial charge in [0.1, 0.15) is 5.75 Å². The molecule has 0 unspecified atom stereocenters. The van der Waals surface area contributed by atoms with E-state index in [0.717, 1.165) is 24.4 Å². The highest BCUT2D eigenvalue weighted by Crippen LogP contribution is 2.20. The van der Waals surface area contributed by atoms with Crippen molar-refractivity contribution in [3.8, 4) is 5.75 Å². The molecule has 0 aliphatic carbocycles. The van der Waals surface area contributed by atoms with Crippen LogP contribution >= 0.6 is 0 Å². The molecule has 1 fully saturated rings. The Morgan fingerprint density at radius 3 is 2.78 bits per heavy atom. The molecule has 0 bridgehead atoms. The molecule has 1 N–H and O–H groups in total. The van der Waals surface area contributed by atoms with E-state index in [0.29, 0.717) is 13.2 Å². The van der Waals surface area contributed by atoms with Crippen LogP contribution in [-0.2, 0) is 11.3 Å². The summed E-state index contributed by atoms with van der Waals surface area (Å²) in [6.45, 7) is 4.81. The number of rotatable bonds is 5. The van der Waals surface area contributed by atoms with Crippen LogP contribution in [0.5, 0.6) is 5.75 Å². The number of nitrogens with zero attached hydrogens (tertiary/aromatic N) is 1. The fourth-order valence-electron chi connectivity index (χ4n) is 2.04. The van der Waals surface area contributed by atoms with Crippen LogP contribution in [0.1, 0.15) is 12.5 Å². The van der Waals surface area contributed by atoms with Gasteiger partial charge in [0.25, 0.3) is 0 Å². The van der Waals surface area contributed by atoms with Crippen LogP contribution in [0.3, 0.4) is 0 Å². The van der Waals surface area contributed by atoms with Crippen LogP contribution in [0.4, 0.5) is 0 Å². The molecule has 1 aliphatic rings. The molecule has 0 saturated carbocycles. The van der Waals surface area contributed by atoms with Crippen molar-refractivity contribution in [2.45, 2.75) is 13.5 Å². The van der Waals surface area contributed by atoms with Gasteiger partial charge >= 0.3 is 0 Å². The number of nitrogens with one attached hydrogen (secondary N) is 1. The van der Waals surface area contributed by atoms with Crippen LogP contribution in [-0.4, -0.2) is 37.6 Å². The van der Waals surface area contributed by atoms with Gasteiger partial charge in [-0.3, -0.25) is 4.79 Å². The van der Waals surface area contributed by atoms with E-state index in [1.807, 2.05) is 38.2 Å². The average Bonchev–Trinajstić information content (AvgIpc) is 2.29. The van der Waals surface area contributed by atoms with Crippen LogP contribution in [0.15, 0.2) is 24.3 Å². The van der Waals surface area contributed by atoms with Gasteiger partial charge in [0, 0.05) is 32.2 Å². The minimum Gasteiger partial charge on any atom is -0.494 e. The molecule has 18 heavy (non-hydrogen) atoms. The summed E-state index contributed by atoms with van der Waals surface area (Å²) in [5.74, 6) is 1.22. The lowest BCUT2D eigenvalue weighted by Gasteiger charge is -2.30. The molecule has 0 aromatic heterocycles. The topological polar surface area (TPSA) is 41.6 Å². The van der Waals surface area contributed by atoms with E-state index in [2.05, 4.69) is 5.32 Å². The van der Waals surface area contributed by atoms with Crippen molar-refractivity contribution in [1.29, 1.82) is 0 Å². The van der Waals surface area contributed by atoms with Gasteiger partial charge in [-0.25, -0.2) is 0 Å². The zero-order valence-corrected chi connectivity index (χ0v) is 11.0. The number of benzene rings is 1. The standard InChI is InChI=1S/C14H20N2O2/c1-3-18-13-7-5-4-6-11(13)10-16(2)14(17)12-8-15-9-12/h4-7,12,15H,3,8-10H2,1-2H3. The van der Waals surface area contributed by atoms with Crippen molar-refractivity contribution < 1.29 is 9.53 Å². The van der Waals surface area contributed by atoms with Gasteiger partial charge in [0.2, 0.25) is 5.91 Å². The molecule has 2 rings (SSSR count). The van der Waals surface area contributed by atoms with Gasteiger partial charge in [-0.05, 0) is 13.0 Å². The second-order valence-electron chi connectivity index (χ2n) is 4.59. The van der Waals surface area contributed by atoms with E-state index >= 15 is 0 Å². The molecular formula is C14H20N2O2. The zero-order chi connectivity index (χ0) is 13.0. The number of carbonyl (C=O) groups is 1. The number of para-hydroxylation sites is 1. The van der Waals surface area contributed by atoms with E-state index in [-0.39, 0.29) is 11.8 Å². The molecule has 0 atom stereocenters. The third-order valence-corrected chi connectivity index (χ3v) is 3.19. The zero-order valence-electron chi connectivity index (χ0n) is 11.0. The minimum atomic E-state index is 0.147. The fraction of sp³-hybridized carbons (Fsp3) is 0.500. The summed E-state index contributed by atoms with van der Waals surface area (Å²) in [5, 5.41) is 3.12. The highest BCUT2D eigenvalue weighted by Gasteiger charge is 2.27. The molecule has 0 spiro atoms. The van der Waals surface area contributed by atoms with Crippen molar-refractivity contribution in [3.05, 3.63) is 29.8 Å². The second-order valence-corrected chi connectivity index (χ2v) is 4.59. The average molecular weight is 248 g/mol. The Bertz CT molecular complexity index is 416. The number of carbonyl (C=O) groups excluding carboxylic acids is 1. The monoisotopic (exact) mass is 248 g/mol. The Kier molecular flexibility index (Phi) is 4.20. The van der Waals surface area contributed by atoms with Crippen molar-refractivity contribution in [1.82, 2.24) is 10.2 Å². The van der Waals surface area contributed by atoms with Crippen LogP contribution in [0, 0.1) is 5.92 Å². The highest BCUT2D eigenvalue weighted by molar-refractivity contribution is 5.80. The summed E-state index contributed by atoms with van der Waals surface area (Å²) in [5.41, 5.74) is 1.06. The van der Waals surface area contributed by atoms with Crippen molar-refractivity contribution in [2.24, 2.45) is 5.92 Å². The lowest BCUT2D eigenvalue weighted by Crippen LogP contribution is -2.51. The first-order valence-electron chi connectivity index (χ1n) is 6.38. The third-order valence-electron chi connectivity index (χ3n) is 3.19. The Labute approximate surface area is 108 Å². The summed E-state index contributed by atoms with van der Waals surface area (Å²) >= 11 is 0. The number of amides is 1. The predicted molar refractivity (Wildman–Crippen MR) is 70.4 cm³/mol. The summed E-state index contributed by atoms with van der Waals surface area (Å²) in [7, 11) is 1.85. The van der Waals surface area contributed by atoms with Gasteiger partial charge in [-0.1, -0.05) is 18.2 Å². The van der Waals surface area contributed by atoms with Crippen molar-refractivity contribution >= 4 is 5.91 Å². The Morgan fingerprint density at radius 1 is 1.44 bits per heavy atom. The molecule has 1 heterocycles. The lowest BCUT2D eigenvalue weighted by atomic mass is 10.0. The number of hydrogen-bond donors (Lipinski definition) is 1. The first-order chi connectivity index (χ1) is 8.72. The maximum absolute atomic E-state index is 12.0. The van der Waals surface area contributed by atoms with Gasteiger partial charge in [-0.15, -0.1) is 0 Å². The van der Waals surface area contributed by atoms with E-state index in [1.165, 1.54) is 0 Å². The van der Waals surface area contributed by atoms with E-state index < -0.39 is 0 Å². The molecular weight excluding hydrogens is 228 g/mol. The number of ether oxygens (including phenoxy) is 1. The molecule has 0 radical (unpaired) electrons. The van der Waals surface area contributed by atoms with Crippen LogP contribution in [0.25, 0.3) is 0 Å². The molecule has 1 saturated heterocycles. The molecule has 1 aromatic rings. The molecule has 1 aliphatic heterocycles. The summed E-state index contributed by atoms with van der Waals surface area (Å²) in [6, 6.07) is 7.88. The van der Waals surface area contributed by atoms with E-state index in [4.69, 9.17) is 4.74 Å². The minimum absolute atomic E-state index is 0.147. The highest BCUT2D eigenvalue weighted by atomic mass is 16.5. The van der Waals surface area contributed by atoms with Crippen molar-refractivity contribution in [3.63, 3.8) is 0 Å². The van der Waals surface area contributed by atoms with Gasteiger partial charge in [0.15, 0.2) is 0 Å².